The molecule has 0 aromatic heterocycles. The van der Waals surface area contributed by atoms with Crippen LogP contribution in [0.2, 0.25) is 0 Å². The monoisotopic (exact) mass is 314 g/mol. The number of hydrogen-bond donors (Lipinski definition) is 3. The Morgan fingerprint density at radius 3 is 2.67 bits per heavy atom. The average Bonchev–Trinajstić information content (AvgIpc) is 2.37. The van der Waals surface area contributed by atoms with Gasteiger partial charge in [-0.05, 0) is 30.9 Å². The van der Waals surface area contributed by atoms with E-state index in [1.54, 1.807) is 0 Å². The number of unbranched alkanes of at least 4 members (excludes halogenated alkanes) is 2. The number of carbonyl (C=O) groups excluding carboxylic acids is 1. The number of urea groups is 1. The van der Waals surface area contributed by atoms with Crippen LogP contribution >= 0.6 is 15.9 Å². The second-order valence-corrected chi connectivity index (χ2v) is 4.84. The van der Waals surface area contributed by atoms with E-state index in [1.807, 2.05) is 24.3 Å². The van der Waals surface area contributed by atoms with E-state index in [-0.39, 0.29) is 12.6 Å². The summed E-state index contributed by atoms with van der Waals surface area (Å²) < 4.78 is 0.994. The molecule has 5 heteroatoms. The predicted molar refractivity (Wildman–Crippen MR) is 75.3 cm³/mol. The van der Waals surface area contributed by atoms with Gasteiger partial charge in [-0.1, -0.05) is 34.1 Å². The van der Waals surface area contributed by atoms with Gasteiger partial charge in [0, 0.05) is 24.2 Å². The second-order valence-electron chi connectivity index (χ2n) is 3.99. The number of aliphatic hydroxyl groups excluding tert-OH is 1. The maximum absolute atomic E-state index is 11.5. The molecule has 0 aliphatic heterocycles. The van der Waals surface area contributed by atoms with Gasteiger partial charge < -0.3 is 15.7 Å². The number of benzene rings is 1. The molecule has 0 unspecified atom stereocenters. The first-order chi connectivity index (χ1) is 8.74. The molecule has 4 nitrogen and oxygen atoms in total. The van der Waals surface area contributed by atoms with Crippen molar-refractivity contribution in [1.29, 1.82) is 0 Å². The molecule has 100 valence electrons. The van der Waals surface area contributed by atoms with Gasteiger partial charge in [0.15, 0.2) is 0 Å². The molecular formula is C13H19BrN2O2. The van der Waals surface area contributed by atoms with Crippen molar-refractivity contribution in [2.24, 2.45) is 0 Å². The second kappa shape index (κ2) is 8.94. The van der Waals surface area contributed by atoms with E-state index in [1.165, 1.54) is 0 Å². The Labute approximate surface area is 116 Å². The fourth-order valence-electron chi connectivity index (χ4n) is 1.50. The standard InChI is InChI=1S/C13H19BrN2O2/c14-12-7-3-2-6-11(12)10-16-13(18)15-8-4-1-5-9-17/h2-3,6-7,17H,1,4-5,8-10H2,(H2,15,16,18). The van der Waals surface area contributed by atoms with Crippen molar-refractivity contribution in [3.05, 3.63) is 34.3 Å². The quantitative estimate of drug-likeness (QED) is 0.677. The summed E-state index contributed by atoms with van der Waals surface area (Å²) in [4.78, 5) is 11.5. The molecule has 0 aliphatic carbocycles. The highest BCUT2D eigenvalue weighted by molar-refractivity contribution is 9.10. The predicted octanol–water partition coefficient (Wildman–Crippen LogP) is 2.41. The van der Waals surface area contributed by atoms with E-state index in [0.717, 1.165) is 29.3 Å². The molecule has 1 aromatic carbocycles. The molecule has 18 heavy (non-hydrogen) atoms. The minimum absolute atomic E-state index is 0.158. The van der Waals surface area contributed by atoms with E-state index >= 15 is 0 Å². The van der Waals surface area contributed by atoms with Crippen LogP contribution in [0.3, 0.4) is 0 Å². The first-order valence-corrected chi connectivity index (χ1v) is 6.89. The van der Waals surface area contributed by atoms with E-state index < -0.39 is 0 Å². The molecular weight excluding hydrogens is 296 g/mol. The first-order valence-electron chi connectivity index (χ1n) is 6.10. The Hall–Kier alpha value is -1.07. The summed E-state index contributed by atoms with van der Waals surface area (Å²) in [6.45, 7) is 1.36. The smallest absolute Gasteiger partial charge is 0.315 e. The first kappa shape index (κ1) is 15.0. The van der Waals surface area contributed by atoms with Crippen LogP contribution in [-0.2, 0) is 6.54 Å². The summed E-state index contributed by atoms with van der Waals surface area (Å²) in [5.74, 6) is 0. The molecule has 2 amide bonds. The minimum Gasteiger partial charge on any atom is -0.396 e. The Kier molecular flexibility index (Phi) is 7.44. The molecule has 0 radical (unpaired) electrons. The lowest BCUT2D eigenvalue weighted by Gasteiger charge is -2.08. The molecule has 0 aliphatic rings. The van der Waals surface area contributed by atoms with Crippen LogP contribution in [0, 0.1) is 0 Å². The number of nitrogens with one attached hydrogen (secondary N) is 2. The number of halogens is 1. The fourth-order valence-corrected chi connectivity index (χ4v) is 1.92. The van der Waals surface area contributed by atoms with Gasteiger partial charge in [-0.2, -0.15) is 0 Å². The zero-order chi connectivity index (χ0) is 13.2. The summed E-state index contributed by atoms with van der Waals surface area (Å²) >= 11 is 3.43. The minimum atomic E-state index is -0.158. The third kappa shape index (κ3) is 6.02. The molecule has 1 aromatic rings. The van der Waals surface area contributed by atoms with Crippen molar-refractivity contribution in [1.82, 2.24) is 10.6 Å². The maximum Gasteiger partial charge on any atom is 0.315 e. The molecule has 0 saturated heterocycles. The number of carbonyl (C=O) groups is 1. The van der Waals surface area contributed by atoms with Gasteiger partial charge in [-0.15, -0.1) is 0 Å². The Morgan fingerprint density at radius 1 is 1.17 bits per heavy atom. The van der Waals surface area contributed by atoms with E-state index in [9.17, 15) is 4.79 Å². The number of aliphatic hydroxyl groups is 1. The molecule has 0 atom stereocenters. The van der Waals surface area contributed by atoms with Gasteiger partial charge in [-0.25, -0.2) is 4.79 Å². The third-order valence-corrected chi connectivity index (χ3v) is 3.29. The van der Waals surface area contributed by atoms with Crippen molar-refractivity contribution in [3.8, 4) is 0 Å². The highest BCUT2D eigenvalue weighted by atomic mass is 79.9. The largest absolute Gasteiger partial charge is 0.396 e. The molecule has 0 fully saturated rings. The normalized spacial score (nSPS) is 10.1. The van der Waals surface area contributed by atoms with Crippen LogP contribution < -0.4 is 10.6 Å². The Morgan fingerprint density at radius 2 is 1.94 bits per heavy atom. The molecule has 0 saturated carbocycles. The SMILES string of the molecule is O=C(NCCCCCO)NCc1ccccc1Br. The van der Waals surface area contributed by atoms with Crippen LogP contribution in [-0.4, -0.2) is 24.3 Å². The van der Waals surface area contributed by atoms with E-state index in [2.05, 4.69) is 26.6 Å². The summed E-state index contributed by atoms with van der Waals surface area (Å²) in [6, 6.07) is 7.63. The third-order valence-electron chi connectivity index (χ3n) is 2.52. The maximum atomic E-state index is 11.5. The zero-order valence-electron chi connectivity index (χ0n) is 10.3. The van der Waals surface area contributed by atoms with Gasteiger partial charge in [-0.3, -0.25) is 0 Å². The summed E-state index contributed by atoms with van der Waals surface area (Å²) in [5, 5.41) is 14.2. The van der Waals surface area contributed by atoms with Gasteiger partial charge in [0.05, 0.1) is 0 Å². The van der Waals surface area contributed by atoms with Crippen LogP contribution in [0.15, 0.2) is 28.7 Å². The van der Waals surface area contributed by atoms with Crippen molar-refractivity contribution in [2.75, 3.05) is 13.2 Å². The van der Waals surface area contributed by atoms with Crippen molar-refractivity contribution in [3.63, 3.8) is 0 Å². The van der Waals surface area contributed by atoms with E-state index in [4.69, 9.17) is 5.11 Å². The van der Waals surface area contributed by atoms with Gasteiger partial charge in [0.2, 0.25) is 0 Å². The van der Waals surface area contributed by atoms with Gasteiger partial charge in [0.25, 0.3) is 0 Å². The fraction of sp³-hybridized carbons (Fsp3) is 0.462. The molecule has 0 heterocycles. The Bertz CT molecular complexity index is 372. The highest BCUT2D eigenvalue weighted by Gasteiger charge is 2.01. The van der Waals surface area contributed by atoms with Crippen molar-refractivity contribution < 1.29 is 9.90 Å². The van der Waals surface area contributed by atoms with Crippen LogP contribution in [0.1, 0.15) is 24.8 Å². The highest BCUT2D eigenvalue weighted by Crippen LogP contribution is 2.15. The van der Waals surface area contributed by atoms with Crippen molar-refractivity contribution in [2.45, 2.75) is 25.8 Å². The summed E-state index contributed by atoms with van der Waals surface area (Å²) in [6.07, 6.45) is 2.62. The van der Waals surface area contributed by atoms with Gasteiger partial charge >= 0.3 is 6.03 Å². The lowest BCUT2D eigenvalue weighted by molar-refractivity contribution is 0.240. The summed E-state index contributed by atoms with van der Waals surface area (Å²) in [5.41, 5.74) is 1.05. The van der Waals surface area contributed by atoms with Gasteiger partial charge in [0.1, 0.15) is 0 Å². The summed E-state index contributed by atoms with van der Waals surface area (Å²) in [7, 11) is 0. The van der Waals surface area contributed by atoms with Crippen LogP contribution in [0.5, 0.6) is 0 Å². The molecule has 3 N–H and O–H groups in total. The lowest BCUT2D eigenvalue weighted by atomic mass is 10.2. The number of amides is 2. The molecule has 0 bridgehead atoms. The van der Waals surface area contributed by atoms with Crippen LogP contribution in [0.4, 0.5) is 4.79 Å². The number of hydrogen-bond acceptors (Lipinski definition) is 2. The average molecular weight is 315 g/mol. The van der Waals surface area contributed by atoms with Crippen molar-refractivity contribution >= 4 is 22.0 Å². The topological polar surface area (TPSA) is 61.4 Å². The molecule has 1 rings (SSSR count). The lowest BCUT2D eigenvalue weighted by Crippen LogP contribution is -2.35. The number of rotatable bonds is 7. The zero-order valence-corrected chi connectivity index (χ0v) is 11.9. The van der Waals surface area contributed by atoms with Crippen LogP contribution in [0.25, 0.3) is 0 Å². The Balaban J connectivity index is 2.15. The molecule has 0 spiro atoms. The van der Waals surface area contributed by atoms with E-state index in [0.29, 0.717) is 13.1 Å².